The van der Waals surface area contributed by atoms with Gasteiger partial charge in [-0.15, -0.1) is 0 Å². The van der Waals surface area contributed by atoms with E-state index in [1.165, 1.54) is 12.0 Å². The minimum Gasteiger partial charge on any atom is -0.478 e. The number of nitrogens with zero attached hydrogens (tertiary/aromatic N) is 2. The molecule has 0 radical (unpaired) electrons. The number of aromatic carboxylic acids is 1. The van der Waals surface area contributed by atoms with Crippen LogP contribution in [0.3, 0.4) is 0 Å². The van der Waals surface area contributed by atoms with Crippen molar-refractivity contribution in [2.24, 2.45) is 5.41 Å². The van der Waals surface area contributed by atoms with Crippen LogP contribution in [-0.4, -0.2) is 39.8 Å². The molecule has 1 fully saturated rings. The maximum atomic E-state index is 14.2. The fraction of sp³-hybridized carbons (Fsp3) is 0.485. The molecule has 3 aromatic rings. The SMILES string of the molecule is CC(C)(C)OC(=O)N[C@H]1c2cccc3c2N(CCn2c-3c(C3CCCCC3)c3ccc(C(=O)O)cc32)C(=O)C1(C)C. The monoisotopic (exact) mass is 557 g/mol. The number of rotatable bonds is 3. The Hall–Kier alpha value is -3.81. The molecule has 0 unspecified atom stereocenters. The number of carbonyl (C=O) groups excluding carboxylic acids is 2. The Bertz CT molecular complexity index is 1570. The Morgan fingerprint density at radius 2 is 1.78 bits per heavy atom. The highest BCUT2D eigenvalue weighted by Gasteiger charge is 2.49. The largest absolute Gasteiger partial charge is 0.478 e. The molecule has 0 saturated heterocycles. The van der Waals surface area contributed by atoms with Crippen LogP contribution in [0, 0.1) is 5.41 Å². The second-order valence-corrected chi connectivity index (χ2v) is 13.3. The maximum absolute atomic E-state index is 14.2. The lowest BCUT2D eigenvalue weighted by Gasteiger charge is -2.44. The first-order valence-corrected chi connectivity index (χ1v) is 14.7. The molecule has 0 spiro atoms. The number of para-hydroxylation sites is 1. The van der Waals surface area contributed by atoms with Crippen LogP contribution in [0.5, 0.6) is 0 Å². The van der Waals surface area contributed by atoms with E-state index in [1.54, 1.807) is 12.1 Å². The van der Waals surface area contributed by atoms with Crippen molar-refractivity contribution in [1.82, 2.24) is 9.88 Å². The van der Waals surface area contributed by atoms with E-state index in [-0.39, 0.29) is 11.5 Å². The van der Waals surface area contributed by atoms with Crippen LogP contribution in [0.25, 0.3) is 22.2 Å². The van der Waals surface area contributed by atoms with Crippen LogP contribution in [0.2, 0.25) is 0 Å². The number of carboxylic acid groups (broad SMARTS) is 1. The van der Waals surface area contributed by atoms with Crippen molar-refractivity contribution < 1.29 is 24.2 Å². The summed E-state index contributed by atoms with van der Waals surface area (Å²) in [6.07, 6.45) is 5.17. The van der Waals surface area contributed by atoms with E-state index in [9.17, 15) is 19.5 Å². The first-order chi connectivity index (χ1) is 19.4. The number of nitrogens with one attached hydrogen (secondary N) is 1. The number of carboxylic acids is 1. The van der Waals surface area contributed by atoms with Gasteiger partial charge in [0.25, 0.3) is 0 Å². The third-order valence-electron chi connectivity index (χ3n) is 8.99. The third kappa shape index (κ3) is 4.48. The topological polar surface area (TPSA) is 101 Å². The quantitative estimate of drug-likeness (QED) is 0.361. The van der Waals surface area contributed by atoms with Gasteiger partial charge in [-0.2, -0.15) is 0 Å². The normalized spacial score (nSPS) is 20.3. The van der Waals surface area contributed by atoms with E-state index in [1.807, 2.05) is 57.7 Å². The van der Waals surface area contributed by atoms with Crippen LogP contribution >= 0.6 is 0 Å². The average Bonchev–Trinajstić information content (AvgIpc) is 3.13. The molecule has 41 heavy (non-hydrogen) atoms. The highest BCUT2D eigenvalue weighted by molar-refractivity contribution is 6.07. The molecule has 0 bridgehead atoms. The number of aromatic nitrogens is 1. The van der Waals surface area contributed by atoms with Crippen LogP contribution in [0.4, 0.5) is 10.5 Å². The molecule has 8 heteroatoms. The van der Waals surface area contributed by atoms with Gasteiger partial charge in [0.05, 0.1) is 28.4 Å². The smallest absolute Gasteiger partial charge is 0.408 e. The lowest BCUT2D eigenvalue weighted by Crippen LogP contribution is -2.54. The predicted octanol–water partition coefficient (Wildman–Crippen LogP) is 7.01. The summed E-state index contributed by atoms with van der Waals surface area (Å²) in [5.74, 6) is -0.656. The Balaban J connectivity index is 1.59. The summed E-state index contributed by atoms with van der Waals surface area (Å²) in [6, 6.07) is 11.0. The van der Waals surface area contributed by atoms with Crippen LogP contribution in [-0.2, 0) is 16.1 Å². The number of benzene rings is 2. The number of fused-ring (bicyclic) bond motifs is 4. The summed E-state index contributed by atoms with van der Waals surface area (Å²) >= 11 is 0. The summed E-state index contributed by atoms with van der Waals surface area (Å²) < 4.78 is 7.84. The number of ether oxygens (including phenoxy) is 1. The van der Waals surface area contributed by atoms with E-state index in [4.69, 9.17) is 4.74 Å². The molecule has 2 N–H and O–H groups in total. The summed E-state index contributed by atoms with van der Waals surface area (Å²) in [6.45, 7) is 10.2. The third-order valence-corrected chi connectivity index (χ3v) is 8.99. The van der Waals surface area contributed by atoms with Gasteiger partial charge in [-0.05, 0) is 71.1 Å². The molecule has 216 valence electrons. The molecule has 3 heterocycles. The zero-order chi connectivity index (χ0) is 29.3. The van der Waals surface area contributed by atoms with Crippen LogP contribution in [0.15, 0.2) is 36.4 Å². The zero-order valence-corrected chi connectivity index (χ0v) is 24.5. The van der Waals surface area contributed by atoms with Crippen molar-refractivity contribution in [3.05, 3.63) is 53.1 Å². The molecule has 2 amide bonds. The van der Waals surface area contributed by atoms with Gasteiger partial charge in [-0.1, -0.05) is 43.5 Å². The lowest BCUT2D eigenvalue weighted by atomic mass is 9.74. The number of carbonyl (C=O) groups is 3. The molecule has 1 atom stereocenters. The molecule has 1 aliphatic carbocycles. The van der Waals surface area contributed by atoms with Gasteiger partial charge in [0.2, 0.25) is 5.91 Å². The maximum Gasteiger partial charge on any atom is 0.408 e. The van der Waals surface area contributed by atoms with Crippen molar-refractivity contribution >= 4 is 34.6 Å². The Morgan fingerprint density at radius 1 is 1.05 bits per heavy atom. The van der Waals surface area contributed by atoms with E-state index in [2.05, 4.69) is 16.0 Å². The summed E-state index contributed by atoms with van der Waals surface area (Å²) in [4.78, 5) is 41.0. The van der Waals surface area contributed by atoms with Gasteiger partial charge < -0.3 is 24.6 Å². The van der Waals surface area contributed by atoms with Crippen LogP contribution < -0.4 is 10.2 Å². The predicted molar refractivity (Wildman–Crippen MR) is 158 cm³/mol. The van der Waals surface area contributed by atoms with Gasteiger partial charge in [0.1, 0.15) is 5.60 Å². The minimum atomic E-state index is -0.953. The van der Waals surface area contributed by atoms with Crippen molar-refractivity contribution in [3.63, 3.8) is 0 Å². The molecule has 1 aromatic heterocycles. The fourth-order valence-electron chi connectivity index (χ4n) is 7.18. The first kappa shape index (κ1) is 27.4. The number of anilines is 1. The van der Waals surface area contributed by atoms with E-state index < -0.39 is 29.1 Å². The van der Waals surface area contributed by atoms with Crippen molar-refractivity contribution in [2.75, 3.05) is 11.4 Å². The van der Waals surface area contributed by atoms with E-state index in [0.717, 1.165) is 59.1 Å². The molecule has 2 aliphatic heterocycles. The standard InChI is InChI=1S/C33H39N3O5/c1-32(2,3)41-31(40)34-28-23-13-9-12-22-26(23)36(30(39)33(28,4)5)17-16-35-24-18-20(29(37)38)14-15-21(24)25(27(22)35)19-10-7-6-8-11-19/h9,12-15,18-19,28H,6-8,10-11,16-17H2,1-5H3,(H,34,40)(H,37,38)/t28-/m0/s1. The van der Waals surface area contributed by atoms with Gasteiger partial charge in [-0.3, -0.25) is 4.79 Å². The Kier molecular flexibility index (Phi) is 6.43. The highest BCUT2D eigenvalue weighted by atomic mass is 16.6. The minimum absolute atomic E-state index is 0.0565. The molecular formula is C33H39N3O5. The van der Waals surface area contributed by atoms with Crippen LogP contribution in [0.1, 0.15) is 100 Å². The molecule has 3 aliphatic rings. The van der Waals surface area contributed by atoms with Crippen molar-refractivity contribution in [2.45, 2.75) is 90.8 Å². The summed E-state index contributed by atoms with van der Waals surface area (Å²) in [5, 5.41) is 13.9. The number of hydrogen-bond acceptors (Lipinski definition) is 4. The van der Waals surface area contributed by atoms with E-state index in [0.29, 0.717) is 19.0 Å². The number of amides is 2. The van der Waals surface area contributed by atoms with Gasteiger partial charge in [0.15, 0.2) is 0 Å². The molecule has 2 aromatic carbocycles. The number of alkyl carbamates (subject to hydrolysis) is 1. The van der Waals surface area contributed by atoms with Gasteiger partial charge >= 0.3 is 12.1 Å². The molecule has 8 nitrogen and oxygen atoms in total. The van der Waals surface area contributed by atoms with Crippen molar-refractivity contribution in [1.29, 1.82) is 0 Å². The molecule has 1 saturated carbocycles. The zero-order valence-electron chi connectivity index (χ0n) is 24.5. The summed E-state index contributed by atoms with van der Waals surface area (Å²) in [7, 11) is 0. The second kappa shape index (κ2) is 9.64. The van der Waals surface area contributed by atoms with Gasteiger partial charge in [-0.25, -0.2) is 9.59 Å². The fourth-order valence-corrected chi connectivity index (χ4v) is 7.18. The summed E-state index contributed by atoms with van der Waals surface area (Å²) in [5.41, 5.74) is 4.56. The molecule has 6 rings (SSSR count). The van der Waals surface area contributed by atoms with E-state index >= 15 is 0 Å². The second-order valence-electron chi connectivity index (χ2n) is 13.3. The van der Waals surface area contributed by atoms with Gasteiger partial charge in [0, 0.05) is 35.1 Å². The Labute approximate surface area is 240 Å². The first-order valence-electron chi connectivity index (χ1n) is 14.7. The highest BCUT2D eigenvalue weighted by Crippen LogP contribution is 2.53. The lowest BCUT2D eigenvalue weighted by molar-refractivity contribution is -0.128. The number of hydrogen-bond donors (Lipinski definition) is 2. The Morgan fingerprint density at radius 3 is 2.46 bits per heavy atom. The average molecular weight is 558 g/mol. The van der Waals surface area contributed by atoms with Crippen molar-refractivity contribution in [3.8, 4) is 11.3 Å². The molecular weight excluding hydrogens is 518 g/mol.